The summed E-state index contributed by atoms with van der Waals surface area (Å²) in [6.45, 7) is 4.09. The molecule has 0 radical (unpaired) electrons. The van der Waals surface area contributed by atoms with Gasteiger partial charge < -0.3 is 4.57 Å². The maximum atomic E-state index is 12.9. The zero-order chi connectivity index (χ0) is 22.0. The van der Waals surface area contributed by atoms with Crippen LogP contribution in [0.2, 0.25) is 0 Å². The van der Waals surface area contributed by atoms with E-state index in [9.17, 15) is 15.3 Å². The maximum absolute atomic E-state index is 12.9. The van der Waals surface area contributed by atoms with Crippen LogP contribution in [0.4, 0.5) is 0 Å². The van der Waals surface area contributed by atoms with E-state index in [1.807, 2.05) is 59.3 Å². The lowest BCUT2D eigenvalue weighted by molar-refractivity contribution is 0.0943. The van der Waals surface area contributed by atoms with Crippen molar-refractivity contribution in [1.82, 2.24) is 14.3 Å². The number of benzene rings is 2. The monoisotopic (exact) mass is 405 g/mol. The van der Waals surface area contributed by atoms with Crippen LogP contribution >= 0.6 is 0 Å². The van der Waals surface area contributed by atoms with Crippen LogP contribution in [-0.4, -0.2) is 20.3 Å². The van der Waals surface area contributed by atoms with Gasteiger partial charge in [-0.2, -0.15) is 15.6 Å². The van der Waals surface area contributed by atoms with Crippen LogP contribution in [0.5, 0.6) is 0 Å². The van der Waals surface area contributed by atoms with E-state index in [4.69, 9.17) is 0 Å². The van der Waals surface area contributed by atoms with Gasteiger partial charge in [-0.05, 0) is 43.7 Å². The van der Waals surface area contributed by atoms with Gasteiger partial charge in [-0.15, -0.1) is 0 Å². The molecule has 6 nitrogen and oxygen atoms in total. The summed E-state index contributed by atoms with van der Waals surface area (Å²) >= 11 is 0. The number of nitrogens with zero attached hydrogens (tertiary/aromatic N) is 5. The number of carbonyl (C=O) groups excluding carboxylic acids is 1. The Morgan fingerprint density at radius 2 is 1.84 bits per heavy atom. The third-order valence-electron chi connectivity index (χ3n) is 5.15. The number of rotatable bonds is 4. The fourth-order valence-electron chi connectivity index (χ4n) is 3.72. The largest absolute Gasteiger partial charge is 0.342 e. The van der Waals surface area contributed by atoms with Crippen molar-refractivity contribution < 1.29 is 4.79 Å². The predicted molar refractivity (Wildman–Crippen MR) is 118 cm³/mol. The number of hydrogen-bond acceptors (Lipinski definition) is 4. The van der Waals surface area contributed by atoms with Crippen LogP contribution in [0.3, 0.4) is 0 Å². The zero-order valence-electron chi connectivity index (χ0n) is 17.2. The highest BCUT2D eigenvalue weighted by atomic mass is 16.2. The molecule has 4 aromatic rings. The Morgan fingerprint density at radius 1 is 1.10 bits per heavy atom. The predicted octanol–water partition coefficient (Wildman–Crippen LogP) is 4.62. The quantitative estimate of drug-likeness (QED) is 0.366. The minimum absolute atomic E-state index is 0.00604. The Hall–Kier alpha value is -4.42. The Bertz CT molecular complexity index is 1420. The zero-order valence-corrected chi connectivity index (χ0v) is 17.2. The average Bonchev–Trinajstić information content (AvgIpc) is 3.31. The van der Waals surface area contributed by atoms with Gasteiger partial charge in [-0.25, -0.2) is 4.68 Å². The van der Waals surface area contributed by atoms with Crippen LogP contribution in [-0.2, 0) is 6.54 Å². The molecule has 2 aromatic carbocycles. The standard InChI is InChI=1S/C25H19N5O/c1-17-11-18(2)30(28-17)25(31)21(14-27)12-22-16-29(24-10-6-5-9-23(22)24)15-20-8-4-3-7-19(20)13-26/h3-12,16H,15H2,1-2H3/b21-12+. The highest BCUT2D eigenvalue weighted by Gasteiger charge is 2.17. The van der Waals surface area contributed by atoms with Crippen LogP contribution < -0.4 is 0 Å². The smallest absolute Gasteiger partial charge is 0.289 e. The van der Waals surface area contributed by atoms with E-state index in [0.29, 0.717) is 17.8 Å². The molecule has 0 atom stereocenters. The molecular formula is C25H19N5O. The van der Waals surface area contributed by atoms with Crippen LogP contribution in [0.25, 0.3) is 17.0 Å². The van der Waals surface area contributed by atoms with Crippen LogP contribution in [0, 0.1) is 36.5 Å². The molecule has 0 aliphatic heterocycles. The fraction of sp³-hybridized carbons (Fsp3) is 0.120. The van der Waals surface area contributed by atoms with Crippen molar-refractivity contribution in [2.24, 2.45) is 0 Å². The molecule has 0 amide bonds. The first-order valence-electron chi connectivity index (χ1n) is 9.77. The Balaban J connectivity index is 1.79. The summed E-state index contributed by atoms with van der Waals surface area (Å²) in [6.07, 6.45) is 3.51. The van der Waals surface area contributed by atoms with Crippen LogP contribution in [0.15, 0.2) is 66.4 Å². The number of nitriles is 2. The van der Waals surface area contributed by atoms with E-state index in [1.165, 1.54) is 4.68 Å². The molecule has 0 fully saturated rings. The lowest BCUT2D eigenvalue weighted by Crippen LogP contribution is -2.15. The lowest BCUT2D eigenvalue weighted by Gasteiger charge is -2.07. The number of carbonyl (C=O) groups is 1. The van der Waals surface area contributed by atoms with Crippen molar-refractivity contribution in [3.63, 3.8) is 0 Å². The number of allylic oxidation sites excluding steroid dienone is 1. The first-order valence-corrected chi connectivity index (χ1v) is 9.77. The molecule has 0 aliphatic rings. The van der Waals surface area contributed by atoms with Crippen molar-refractivity contribution in [2.45, 2.75) is 20.4 Å². The number of aryl methyl sites for hydroxylation is 2. The minimum atomic E-state index is -0.459. The van der Waals surface area contributed by atoms with Crippen molar-refractivity contribution in [3.8, 4) is 12.1 Å². The van der Waals surface area contributed by atoms with Crippen molar-refractivity contribution in [2.75, 3.05) is 0 Å². The molecule has 31 heavy (non-hydrogen) atoms. The SMILES string of the molecule is Cc1cc(C)n(C(=O)/C(C#N)=C/c2cn(Cc3ccccc3C#N)c3ccccc23)n1. The summed E-state index contributed by atoms with van der Waals surface area (Å²) in [5, 5.41) is 24.2. The van der Waals surface area contributed by atoms with Gasteiger partial charge in [-0.1, -0.05) is 36.4 Å². The molecular weight excluding hydrogens is 386 g/mol. The van der Waals surface area contributed by atoms with Gasteiger partial charge in [0.1, 0.15) is 11.6 Å². The van der Waals surface area contributed by atoms with E-state index in [0.717, 1.165) is 27.7 Å². The fourth-order valence-corrected chi connectivity index (χ4v) is 3.72. The molecule has 0 aliphatic carbocycles. The second-order valence-corrected chi connectivity index (χ2v) is 7.31. The minimum Gasteiger partial charge on any atom is -0.342 e. The second-order valence-electron chi connectivity index (χ2n) is 7.31. The highest BCUT2D eigenvalue weighted by molar-refractivity contribution is 6.05. The molecule has 2 aromatic heterocycles. The van der Waals surface area contributed by atoms with Gasteiger partial charge in [-0.3, -0.25) is 4.79 Å². The molecule has 0 saturated heterocycles. The van der Waals surface area contributed by atoms with Crippen molar-refractivity contribution >= 4 is 22.9 Å². The van der Waals surface area contributed by atoms with Gasteiger partial charge in [0, 0.05) is 34.9 Å². The normalized spacial score (nSPS) is 11.3. The third kappa shape index (κ3) is 3.75. The van der Waals surface area contributed by atoms with E-state index in [1.54, 1.807) is 32.1 Å². The number of para-hydroxylation sites is 1. The van der Waals surface area contributed by atoms with Gasteiger partial charge in [0.2, 0.25) is 0 Å². The van der Waals surface area contributed by atoms with Crippen LogP contribution in [0.1, 0.15) is 32.9 Å². The summed E-state index contributed by atoms with van der Waals surface area (Å²) in [5.74, 6) is -0.459. The first-order chi connectivity index (χ1) is 15.0. The third-order valence-corrected chi connectivity index (χ3v) is 5.15. The average molecular weight is 405 g/mol. The van der Waals surface area contributed by atoms with E-state index < -0.39 is 5.91 Å². The topological polar surface area (TPSA) is 87.4 Å². The molecule has 150 valence electrons. The molecule has 0 bridgehead atoms. The Morgan fingerprint density at radius 3 is 2.55 bits per heavy atom. The van der Waals surface area contributed by atoms with Crippen molar-refractivity contribution in [1.29, 1.82) is 10.5 Å². The summed E-state index contributed by atoms with van der Waals surface area (Å²) in [4.78, 5) is 12.9. The van der Waals surface area contributed by atoms with E-state index in [2.05, 4.69) is 11.2 Å². The first kappa shape index (κ1) is 19.9. The summed E-state index contributed by atoms with van der Waals surface area (Å²) in [7, 11) is 0. The van der Waals surface area contributed by atoms with E-state index in [-0.39, 0.29) is 5.57 Å². The highest BCUT2D eigenvalue weighted by Crippen LogP contribution is 2.25. The summed E-state index contributed by atoms with van der Waals surface area (Å²) < 4.78 is 3.28. The summed E-state index contributed by atoms with van der Waals surface area (Å²) in [6, 6.07) is 21.3. The molecule has 0 spiro atoms. The molecule has 2 heterocycles. The van der Waals surface area contributed by atoms with Gasteiger partial charge in [0.05, 0.1) is 17.3 Å². The Kier molecular flexibility index (Phi) is 5.22. The number of hydrogen-bond donors (Lipinski definition) is 0. The number of aromatic nitrogens is 3. The summed E-state index contributed by atoms with van der Waals surface area (Å²) in [5.41, 5.74) is 4.64. The lowest BCUT2D eigenvalue weighted by atomic mass is 10.1. The Labute approximate surface area is 179 Å². The van der Waals surface area contributed by atoms with Gasteiger partial charge >= 0.3 is 0 Å². The van der Waals surface area contributed by atoms with Gasteiger partial charge in [0.25, 0.3) is 5.91 Å². The number of fused-ring (bicyclic) bond motifs is 1. The maximum Gasteiger partial charge on any atom is 0.289 e. The van der Waals surface area contributed by atoms with Crippen molar-refractivity contribution in [3.05, 3.63) is 94.4 Å². The van der Waals surface area contributed by atoms with Gasteiger partial charge in [0.15, 0.2) is 0 Å². The second kappa shape index (κ2) is 8.14. The molecule has 0 saturated carbocycles. The molecule has 0 unspecified atom stereocenters. The molecule has 0 N–H and O–H groups in total. The van der Waals surface area contributed by atoms with E-state index >= 15 is 0 Å². The molecule has 4 rings (SSSR count). The molecule has 6 heteroatoms.